The van der Waals surface area contributed by atoms with E-state index in [1.165, 1.54) is 12.2 Å². The van der Waals surface area contributed by atoms with E-state index < -0.39 is 42.0 Å². The molecule has 0 aromatic heterocycles. The molecule has 0 aromatic rings. The molecule has 0 aromatic carbocycles. The lowest BCUT2D eigenvalue weighted by Gasteiger charge is -2.25. The zero-order valence-corrected chi connectivity index (χ0v) is 20.0. The Labute approximate surface area is 196 Å². The summed E-state index contributed by atoms with van der Waals surface area (Å²) in [4.78, 5) is 49.3. The van der Waals surface area contributed by atoms with Crippen molar-refractivity contribution < 1.29 is 24.3 Å². The van der Waals surface area contributed by atoms with Crippen molar-refractivity contribution in [3.8, 4) is 0 Å². The molecule has 33 heavy (non-hydrogen) atoms. The van der Waals surface area contributed by atoms with Crippen LogP contribution in [0.1, 0.15) is 53.4 Å². The Morgan fingerprint density at radius 3 is 2.67 bits per heavy atom. The lowest BCUT2D eigenvalue weighted by Crippen LogP contribution is -2.55. The van der Waals surface area contributed by atoms with Gasteiger partial charge in [-0.3, -0.25) is 19.2 Å². The van der Waals surface area contributed by atoms with Crippen molar-refractivity contribution in [1.82, 2.24) is 21.3 Å². The molecule has 0 saturated carbocycles. The minimum absolute atomic E-state index is 0.0190. The summed E-state index contributed by atoms with van der Waals surface area (Å²) in [5, 5.41) is 20.9. The van der Waals surface area contributed by atoms with Crippen LogP contribution in [-0.2, 0) is 19.2 Å². The molecule has 0 saturated heterocycles. The van der Waals surface area contributed by atoms with E-state index in [9.17, 15) is 24.3 Å². The molecule has 184 valence electrons. The highest BCUT2D eigenvalue weighted by atomic mass is 16.3. The highest BCUT2D eigenvalue weighted by Crippen LogP contribution is 2.06. The van der Waals surface area contributed by atoms with Crippen LogP contribution in [0, 0.1) is 5.92 Å². The van der Waals surface area contributed by atoms with Crippen molar-refractivity contribution >= 4 is 23.6 Å². The van der Waals surface area contributed by atoms with E-state index in [0.29, 0.717) is 12.3 Å². The van der Waals surface area contributed by atoms with Crippen LogP contribution >= 0.6 is 0 Å². The molecule has 4 amide bonds. The molecule has 1 aliphatic heterocycles. The average molecular weight is 463 g/mol. The van der Waals surface area contributed by atoms with E-state index >= 15 is 0 Å². The summed E-state index contributed by atoms with van der Waals surface area (Å²) in [5.74, 6) is -1.17. The maximum atomic E-state index is 12.8. The number of carbonyl (C=O) groups excluding carboxylic acids is 4. The number of aliphatic hydroxyl groups excluding tert-OH is 1. The standard InChI is InChI=1S/C24H38N4O5/c1-5-19(27-22(31)10-8-6-7-9-16(2)3)23(32)28-20-15-18(29)13-14-25-21(30)12-11-17(4)26-24(20)33/h6-8,10-12,16-20,29H,5,9,13-15H2,1-4H3,(H,25,30)(H,26,33)(H,27,31)(H,28,32)/b7-6+,10-8+,12-11+/t17-,18-,19-,20-/m0/s1. The predicted octanol–water partition coefficient (Wildman–Crippen LogP) is 0.856. The summed E-state index contributed by atoms with van der Waals surface area (Å²) in [6.07, 6.45) is 10.1. The largest absolute Gasteiger partial charge is 0.393 e. The second-order valence-electron chi connectivity index (χ2n) is 8.57. The third-order valence-corrected chi connectivity index (χ3v) is 4.97. The van der Waals surface area contributed by atoms with E-state index in [2.05, 4.69) is 35.1 Å². The van der Waals surface area contributed by atoms with Gasteiger partial charge >= 0.3 is 0 Å². The number of allylic oxidation sites excluding steroid dienone is 3. The van der Waals surface area contributed by atoms with Gasteiger partial charge in [0.1, 0.15) is 12.1 Å². The first-order valence-electron chi connectivity index (χ1n) is 11.5. The molecule has 0 aliphatic carbocycles. The van der Waals surface area contributed by atoms with Crippen molar-refractivity contribution in [2.45, 2.75) is 77.6 Å². The molecular formula is C24H38N4O5. The topological polar surface area (TPSA) is 137 Å². The van der Waals surface area contributed by atoms with Gasteiger partial charge in [-0.15, -0.1) is 0 Å². The molecule has 0 spiro atoms. The fourth-order valence-corrected chi connectivity index (χ4v) is 3.06. The van der Waals surface area contributed by atoms with Gasteiger partial charge in [0.2, 0.25) is 23.6 Å². The second-order valence-corrected chi connectivity index (χ2v) is 8.57. The molecule has 0 fully saturated rings. The monoisotopic (exact) mass is 462 g/mol. The number of hydrogen-bond donors (Lipinski definition) is 5. The molecule has 1 rings (SSSR count). The number of nitrogens with one attached hydrogen (secondary N) is 4. The van der Waals surface area contributed by atoms with Crippen molar-refractivity contribution in [3.05, 3.63) is 36.5 Å². The van der Waals surface area contributed by atoms with E-state index in [1.807, 2.05) is 6.08 Å². The van der Waals surface area contributed by atoms with Crippen molar-refractivity contribution in [3.63, 3.8) is 0 Å². The summed E-state index contributed by atoms with van der Waals surface area (Å²) >= 11 is 0. The number of rotatable bonds is 8. The van der Waals surface area contributed by atoms with E-state index in [1.54, 1.807) is 32.1 Å². The smallest absolute Gasteiger partial charge is 0.244 e. The van der Waals surface area contributed by atoms with Gasteiger partial charge in [-0.05, 0) is 32.1 Å². The number of hydrogen-bond acceptors (Lipinski definition) is 5. The Hall–Kier alpha value is -2.94. The normalized spacial score (nSPS) is 24.5. The molecule has 9 nitrogen and oxygen atoms in total. The Bertz CT molecular complexity index is 760. The first-order valence-corrected chi connectivity index (χ1v) is 11.5. The quantitative estimate of drug-likeness (QED) is 0.269. The molecule has 1 heterocycles. The summed E-state index contributed by atoms with van der Waals surface area (Å²) in [6.45, 7) is 7.89. The van der Waals surface area contributed by atoms with Gasteiger partial charge in [0.25, 0.3) is 0 Å². The third-order valence-electron chi connectivity index (χ3n) is 4.97. The second kappa shape index (κ2) is 15.0. The molecule has 0 bridgehead atoms. The highest BCUT2D eigenvalue weighted by molar-refractivity contribution is 5.95. The first kappa shape index (κ1) is 28.1. The lowest BCUT2D eigenvalue weighted by molar-refractivity contribution is -0.132. The molecule has 0 unspecified atom stereocenters. The van der Waals surface area contributed by atoms with E-state index in [0.717, 1.165) is 6.42 Å². The Morgan fingerprint density at radius 2 is 2.00 bits per heavy atom. The van der Waals surface area contributed by atoms with Crippen molar-refractivity contribution in [1.29, 1.82) is 0 Å². The summed E-state index contributed by atoms with van der Waals surface area (Å²) in [6, 6.07) is -2.27. The van der Waals surface area contributed by atoms with Gasteiger partial charge in [-0.1, -0.05) is 45.1 Å². The predicted molar refractivity (Wildman–Crippen MR) is 127 cm³/mol. The Kier molecular flexibility index (Phi) is 12.8. The summed E-state index contributed by atoms with van der Waals surface area (Å²) in [7, 11) is 0. The van der Waals surface area contributed by atoms with Crippen LogP contribution in [0.3, 0.4) is 0 Å². The summed E-state index contributed by atoms with van der Waals surface area (Å²) < 4.78 is 0. The minimum atomic E-state index is -0.987. The maximum Gasteiger partial charge on any atom is 0.244 e. The summed E-state index contributed by atoms with van der Waals surface area (Å²) in [5.41, 5.74) is 0. The van der Waals surface area contributed by atoms with Crippen LogP contribution in [0.25, 0.3) is 0 Å². The number of amides is 4. The molecular weight excluding hydrogens is 424 g/mol. The minimum Gasteiger partial charge on any atom is -0.393 e. The maximum absolute atomic E-state index is 12.8. The van der Waals surface area contributed by atoms with Crippen LogP contribution < -0.4 is 21.3 Å². The van der Waals surface area contributed by atoms with Crippen LogP contribution in [0.2, 0.25) is 0 Å². The molecule has 1 aliphatic rings. The Balaban J connectivity index is 2.78. The van der Waals surface area contributed by atoms with Gasteiger partial charge in [0, 0.05) is 31.2 Å². The number of carbonyl (C=O) groups is 4. The van der Waals surface area contributed by atoms with Gasteiger partial charge in [0.15, 0.2) is 0 Å². The molecule has 4 atom stereocenters. The number of aliphatic hydroxyl groups is 1. The zero-order chi connectivity index (χ0) is 24.8. The Morgan fingerprint density at radius 1 is 1.27 bits per heavy atom. The van der Waals surface area contributed by atoms with Crippen LogP contribution in [-0.4, -0.2) is 59.5 Å². The fourth-order valence-electron chi connectivity index (χ4n) is 3.06. The van der Waals surface area contributed by atoms with Crippen molar-refractivity contribution in [2.75, 3.05) is 6.54 Å². The van der Waals surface area contributed by atoms with Gasteiger partial charge in [-0.2, -0.15) is 0 Å². The first-order chi connectivity index (χ1) is 15.6. The van der Waals surface area contributed by atoms with Crippen LogP contribution in [0.5, 0.6) is 0 Å². The van der Waals surface area contributed by atoms with Crippen LogP contribution in [0.4, 0.5) is 0 Å². The van der Waals surface area contributed by atoms with E-state index in [4.69, 9.17) is 0 Å². The van der Waals surface area contributed by atoms with Gasteiger partial charge in [-0.25, -0.2) is 0 Å². The van der Waals surface area contributed by atoms with Crippen LogP contribution in [0.15, 0.2) is 36.5 Å². The molecule has 5 N–H and O–H groups in total. The highest BCUT2D eigenvalue weighted by Gasteiger charge is 2.28. The average Bonchev–Trinajstić information content (AvgIpc) is 2.74. The molecule has 9 heteroatoms. The SMILES string of the molecule is CC[C@H](NC(=O)/C=C/C=C/CC(C)C)C(=O)N[C@H]1C[C@@H](O)CCNC(=O)/C=C/[C@H](C)NC1=O. The fraction of sp³-hybridized carbons (Fsp3) is 0.583. The van der Waals surface area contributed by atoms with E-state index in [-0.39, 0.29) is 25.3 Å². The zero-order valence-electron chi connectivity index (χ0n) is 20.0. The lowest BCUT2D eigenvalue weighted by atomic mass is 10.0. The van der Waals surface area contributed by atoms with Crippen molar-refractivity contribution in [2.24, 2.45) is 5.92 Å². The van der Waals surface area contributed by atoms with Gasteiger partial charge in [0.05, 0.1) is 6.10 Å². The molecule has 0 radical (unpaired) electrons. The third kappa shape index (κ3) is 12.0. The van der Waals surface area contributed by atoms with Gasteiger partial charge < -0.3 is 26.4 Å².